The number of hydrogen-bond donors (Lipinski definition) is 2. The molecule has 1 heterocycles. The zero-order valence-electron chi connectivity index (χ0n) is 12.9. The summed E-state index contributed by atoms with van der Waals surface area (Å²) in [6, 6.07) is 8.28. The molecule has 0 aliphatic carbocycles. The van der Waals surface area contributed by atoms with Gasteiger partial charge in [0.25, 0.3) is 0 Å². The van der Waals surface area contributed by atoms with E-state index in [2.05, 4.69) is 20.8 Å². The van der Waals surface area contributed by atoms with Gasteiger partial charge in [0.1, 0.15) is 0 Å². The first-order valence-electron chi connectivity index (χ1n) is 7.16. The summed E-state index contributed by atoms with van der Waals surface area (Å²) in [6.45, 7) is 6.09. The number of aromatic nitrogens is 2. The molecule has 1 amide bonds. The van der Waals surface area contributed by atoms with Gasteiger partial charge in [-0.3, -0.25) is 4.79 Å². The van der Waals surface area contributed by atoms with E-state index in [9.17, 15) is 4.79 Å². The maximum Gasteiger partial charge on any atom is 0.230 e. The summed E-state index contributed by atoms with van der Waals surface area (Å²) in [6.07, 6.45) is 0.930. The first-order valence-corrected chi connectivity index (χ1v) is 8.96. The number of thioether (sulfide) groups is 1. The molecule has 0 radical (unpaired) electrons. The van der Waals surface area contributed by atoms with Crippen molar-refractivity contribution in [2.75, 3.05) is 11.1 Å². The van der Waals surface area contributed by atoms with Crippen molar-refractivity contribution in [1.29, 1.82) is 0 Å². The predicted octanol–water partition coefficient (Wildman–Crippen LogP) is 3.60. The highest BCUT2D eigenvalue weighted by Gasteiger charge is 2.10. The highest BCUT2D eigenvalue weighted by Crippen LogP contribution is 2.27. The minimum absolute atomic E-state index is 0.0303. The highest BCUT2D eigenvalue weighted by atomic mass is 32.2. The van der Waals surface area contributed by atoms with Crippen LogP contribution < -0.4 is 10.6 Å². The van der Waals surface area contributed by atoms with Crippen LogP contribution in [0.15, 0.2) is 28.6 Å². The van der Waals surface area contributed by atoms with E-state index in [1.165, 1.54) is 28.7 Å². The van der Waals surface area contributed by atoms with Gasteiger partial charge in [-0.25, -0.2) is 0 Å². The summed E-state index contributed by atoms with van der Waals surface area (Å²) in [4.78, 5) is 11.7. The minimum Gasteiger partial charge on any atom is -0.353 e. The fourth-order valence-corrected chi connectivity index (χ4v) is 3.29. The predicted molar refractivity (Wildman–Crippen MR) is 93.0 cm³/mol. The van der Waals surface area contributed by atoms with Crippen LogP contribution in [0.25, 0.3) is 0 Å². The summed E-state index contributed by atoms with van der Waals surface area (Å²) >= 11 is 2.86. The van der Waals surface area contributed by atoms with Gasteiger partial charge in [-0.15, -0.1) is 10.2 Å². The second-order valence-corrected chi connectivity index (χ2v) is 7.23. The Morgan fingerprint density at radius 2 is 2.23 bits per heavy atom. The molecule has 1 unspecified atom stereocenters. The lowest BCUT2D eigenvalue weighted by Crippen LogP contribution is -2.33. The van der Waals surface area contributed by atoms with Crippen molar-refractivity contribution in [2.24, 2.45) is 0 Å². The zero-order valence-corrected chi connectivity index (χ0v) is 14.6. The lowest BCUT2D eigenvalue weighted by atomic mass is 10.2. The molecular formula is C15H20N4OS2. The molecule has 0 spiro atoms. The molecule has 0 aliphatic rings. The monoisotopic (exact) mass is 336 g/mol. The Bertz CT molecular complexity index is 630. The molecule has 1 atom stereocenters. The van der Waals surface area contributed by atoms with Crippen molar-refractivity contribution in [3.05, 3.63) is 29.8 Å². The van der Waals surface area contributed by atoms with Crippen molar-refractivity contribution in [2.45, 2.75) is 37.6 Å². The first-order chi connectivity index (χ1) is 10.6. The quantitative estimate of drug-likeness (QED) is 0.756. The molecule has 1 aromatic carbocycles. The van der Waals surface area contributed by atoms with E-state index in [-0.39, 0.29) is 11.9 Å². The largest absolute Gasteiger partial charge is 0.353 e. The van der Waals surface area contributed by atoms with Crippen LogP contribution in [-0.2, 0) is 4.79 Å². The molecule has 2 rings (SSSR count). The summed E-state index contributed by atoms with van der Waals surface area (Å²) in [5.74, 6) is 0.395. The molecule has 0 saturated carbocycles. The van der Waals surface area contributed by atoms with Gasteiger partial charge in [-0.05, 0) is 38.0 Å². The third kappa shape index (κ3) is 5.31. The van der Waals surface area contributed by atoms with E-state index in [4.69, 9.17) is 0 Å². The number of carbonyl (C=O) groups is 1. The molecule has 0 aliphatic heterocycles. The average molecular weight is 336 g/mol. The maximum atomic E-state index is 11.7. The van der Waals surface area contributed by atoms with Gasteiger partial charge in [0.15, 0.2) is 4.34 Å². The number of aryl methyl sites for hydroxylation is 1. The SMILES string of the molecule is CCC(C)NC(=O)CSc1nnc(Nc2cccc(C)c2)s1. The zero-order chi connectivity index (χ0) is 15.9. The molecule has 7 heteroatoms. The van der Waals surface area contributed by atoms with Crippen LogP contribution in [0.4, 0.5) is 10.8 Å². The fourth-order valence-electron chi connectivity index (χ4n) is 1.71. The number of benzene rings is 1. The third-order valence-corrected chi connectivity index (χ3v) is 4.99. The van der Waals surface area contributed by atoms with Crippen LogP contribution in [0.1, 0.15) is 25.8 Å². The van der Waals surface area contributed by atoms with Crippen LogP contribution >= 0.6 is 23.1 Å². The summed E-state index contributed by atoms with van der Waals surface area (Å²) in [5.41, 5.74) is 2.17. The van der Waals surface area contributed by atoms with E-state index in [1.807, 2.05) is 45.0 Å². The Morgan fingerprint density at radius 3 is 2.95 bits per heavy atom. The number of carbonyl (C=O) groups excluding carboxylic acids is 1. The molecule has 1 aromatic heterocycles. The van der Waals surface area contributed by atoms with E-state index in [1.54, 1.807) is 0 Å². The summed E-state index contributed by atoms with van der Waals surface area (Å²) in [5, 5.41) is 15.1. The van der Waals surface area contributed by atoms with Crippen molar-refractivity contribution in [3.8, 4) is 0 Å². The lowest BCUT2D eigenvalue weighted by Gasteiger charge is -2.09. The number of anilines is 2. The minimum atomic E-state index is 0.0303. The second kappa shape index (κ2) is 8.14. The molecule has 2 aromatic rings. The first kappa shape index (κ1) is 16.8. The van der Waals surface area contributed by atoms with Gasteiger partial charge in [-0.1, -0.05) is 42.2 Å². The summed E-state index contributed by atoms with van der Waals surface area (Å²) in [7, 11) is 0. The van der Waals surface area contributed by atoms with E-state index < -0.39 is 0 Å². The topological polar surface area (TPSA) is 66.9 Å². The van der Waals surface area contributed by atoms with Crippen molar-refractivity contribution in [3.63, 3.8) is 0 Å². The van der Waals surface area contributed by atoms with Gasteiger partial charge in [0.05, 0.1) is 5.75 Å². The highest BCUT2D eigenvalue weighted by molar-refractivity contribution is 8.01. The number of amides is 1. The molecule has 0 saturated heterocycles. The van der Waals surface area contributed by atoms with E-state index >= 15 is 0 Å². The molecule has 5 nitrogen and oxygen atoms in total. The number of rotatable bonds is 7. The molecule has 118 valence electrons. The molecular weight excluding hydrogens is 316 g/mol. The van der Waals surface area contributed by atoms with Gasteiger partial charge in [0.2, 0.25) is 11.0 Å². The average Bonchev–Trinajstić information content (AvgIpc) is 2.92. The molecule has 0 fully saturated rings. The van der Waals surface area contributed by atoms with Crippen LogP contribution in [0.2, 0.25) is 0 Å². The van der Waals surface area contributed by atoms with Gasteiger partial charge >= 0.3 is 0 Å². The Morgan fingerprint density at radius 1 is 1.41 bits per heavy atom. The molecule has 0 bridgehead atoms. The van der Waals surface area contributed by atoms with Crippen molar-refractivity contribution in [1.82, 2.24) is 15.5 Å². The van der Waals surface area contributed by atoms with Gasteiger partial charge in [-0.2, -0.15) is 0 Å². The summed E-state index contributed by atoms with van der Waals surface area (Å²) < 4.78 is 0.787. The fraction of sp³-hybridized carbons (Fsp3) is 0.400. The van der Waals surface area contributed by atoms with Crippen LogP contribution in [-0.4, -0.2) is 27.9 Å². The van der Waals surface area contributed by atoms with Crippen LogP contribution in [0, 0.1) is 6.92 Å². The molecule has 2 N–H and O–H groups in total. The number of nitrogens with one attached hydrogen (secondary N) is 2. The Hall–Kier alpha value is -1.60. The lowest BCUT2D eigenvalue weighted by molar-refractivity contribution is -0.119. The van der Waals surface area contributed by atoms with Crippen molar-refractivity contribution < 1.29 is 4.79 Å². The number of nitrogens with zero attached hydrogens (tertiary/aromatic N) is 2. The van der Waals surface area contributed by atoms with Crippen LogP contribution in [0.3, 0.4) is 0 Å². The smallest absolute Gasteiger partial charge is 0.230 e. The third-order valence-electron chi connectivity index (χ3n) is 3.02. The normalized spacial score (nSPS) is 12.0. The molecule has 22 heavy (non-hydrogen) atoms. The number of hydrogen-bond acceptors (Lipinski definition) is 6. The van der Waals surface area contributed by atoms with E-state index in [0.717, 1.165) is 21.6 Å². The Kier molecular flexibility index (Phi) is 6.21. The van der Waals surface area contributed by atoms with Gasteiger partial charge in [0, 0.05) is 11.7 Å². The van der Waals surface area contributed by atoms with Gasteiger partial charge < -0.3 is 10.6 Å². The Balaban J connectivity index is 1.85. The Labute approximate surface area is 138 Å². The second-order valence-electron chi connectivity index (χ2n) is 5.03. The van der Waals surface area contributed by atoms with E-state index in [0.29, 0.717) is 5.75 Å². The maximum absolute atomic E-state index is 11.7. The van der Waals surface area contributed by atoms with Crippen molar-refractivity contribution >= 4 is 39.8 Å². The standard InChI is InChI=1S/C15H20N4OS2/c1-4-11(3)16-13(20)9-21-15-19-18-14(22-15)17-12-7-5-6-10(2)8-12/h5-8,11H,4,9H2,1-3H3,(H,16,20)(H,17,18). The van der Waals surface area contributed by atoms with Crippen LogP contribution in [0.5, 0.6) is 0 Å².